The number of halogens is 5. The summed E-state index contributed by atoms with van der Waals surface area (Å²) in [5, 5.41) is 2.73. The first kappa shape index (κ1) is 24.8. The van der Waals surface area contributed by atoms with E-state index in [1.807, 2.05) is 0 Å². The molecule has 2 aromatic carbocycles. The molecular weight excluding hydrogens is 466 g/mol. The molecular formula is C22H22ClF4N3O3. The Hall–Kier alpha value is -2.85. The maximum absolute atomic E-state index is 13.5. The zero-order valence-electron chi connectivity index (χ0n) is 17.4. The SMILES string of the molecule is NC(=O)C1CCC(NC(=O)COc2ccc(Cl)c(F)c2)CN1Cc1ccc(C(F)(F)F)cc1. The van der Waals surface area contributed by atoms with Crippen molar-refractivity contribution in [2.45, 2.75) is 37.6 Å². The molecule has 1 aliphatic rings. The summed E-state index contributed by atoms with van der Waals surface area (Å²) in [6.45, 7) is 0.115. The Kier molecular flexibility index (Phi) is 7.80. The number of nitrogens with two attached hydrogens (primary N) is 1. The Morgan fingerprint density at radius 2 is 1.85 bits per heavy atom. The number of carbonyl (C=O) groups is 2. The molecule has 11 heteroatoms. The second-order valence-electron chi connectivity index (χ2n) is 7.75. The van der Waals surface area contributed by atoms with Crippen molar-refractivity contribution < 1.29 is 31.9 Å². The lowest BCUT2D eigenvalue weighted by molar-refractivity contribution is -0.137. The highest BCUT2D eigenvalue weighted by Gasteiger charge is 2.33. The smallest absolute Gasteiger partial charge is 0.416 e. The fraction of sp³-hybridized carbons (Fsp3) is 0.364. The number of ether oxygens (including phenoxy) is 1. The number of benzene rings is 2. The summed E-state index contributed by atoms with van der Waals surface area (Å²) in [7, 11) is 0. The average molecular weight is 488 g/mol. The summed E-state index contributed by atoms with van der Waals surface area (Å²) < 4.78 is 57.1. The van der Waals surface area contributed by atoms with Gasteiger partial charge in [0.2, 0.25) is 5.91 Å². The number of hydrogen-bond acceptors (Lipinski definition) is 4. The van der Waals surface area contributed by atoms with E-state index in [0.29, 0.717) is 18.4 Å². The number of carbonyl (C=O) groups excluding carboxylic acids is 2. The molecule has 0 spiro atoms. The van der Waals surface area contributed by atoms with Gasteiger partial charge in [-0.2, -0.15) is 13.2 Å². The highest BCUT2D eigenvalue weighted by Crippen LogP contribution is 2.29. The Labute approximate surface area is 192 Å². The fourth-order valence-electron chi connectivity index (χ4n) is 3.68. The summed E-state index contributed by atoms with van der Waals surface area (Å²) in [5.74, 6) is -1.51. The van der Waals surface area contributed by atoms with Crippen LogP contribution >= 0.6 is 11.6 Å². The van der Waals surface area contributed by atoms with E-state index in [1.165, 1.54) is 24.3 Å². The van der Waals surface area contributed by atoms with Gasteiger partial charge in [-0.25, -0.2) is 4.39 Å². The van der Waals surface area contributed by atoms with Crippen LogP contribution in [0, 0.1) is 5.82 Å². The third-order valence-corrected chi connectivity index (χ3v) is 5.61. The van der Waals surface area contributed by atoms with Crippen LogP contribution in [0.1, 0.15) is 24.0 Å². The summed E-state index contributed by atoms with van der Waals surface area (Å²) in [6, 6.07) is 7.55. The molecule has 178 valence electrons. The highest BCUT2D eigenvalue weighted by molar-refractivity contribution is 6.30. The van der Waals surface area contributed by atoms with Crippen LogP contribution in [0.25, 0.3) is 0 Å². The van der Waals surface area contributed by atoms with Crippen molar-refractivity contribution in [1.29, 1.82) is 0 Å². The lowest BCUT2D eigenvalue weighted by Gasteiger charge is -2.38. The van der Waals surface area contributed by atoms with Gasteiger partial charge in [0.05, 0.1) is 16.6 Å². The predicted molar refractivity (Wildman–Crippen MR) is 113 cm³/mol. The van der Waals surface area contributed by atoms with Gasteiger partial charge in [-0.3, -0.25) is 14.5 Å². The summed E-state index contributed by atoms with van der Waals surface area (Å²) in [6.07, 6.45) is -3.57. The topological polar surface area (TPSA) is 84.7 Å². The number of nitrogens with zero attached hydrogens (tertiary/aromatic N) is 1. The van der Waals surface area contributed by atoms with Crippen LogP contribution in [0.15, 0.2) is 42.5 Å². The molecule has 3 rings (SSSR count). The van der Waals surface area contributed by atoms with Crippen LogP contribution in [0.3, 0.4) is 0 Å². The van der Waals surface area contributed by atoms with Crippen molar-refractivity contribution >= 4 is 23.4 Å². The number of alkyl halides is 3. The fourth-order valence-corrected chi connectivity index (χ4v) is 3.79. The molecule has 0 aromatic heterocycles. The first-order valence-electron chi connectivity index (χ1n) is 10.1. The molecule has 2 unspecified atom stereocenters. The van der Waals surface area contributed by atoms with Crippen molar-refractivity contribution in [3.8, 4) is 5.75 Å². The number of piperidine rings is 1. The van der Waals surface area contributed by atoms with Gasteiger partial charge in [0, 0.05) is 25.2 Å². The van der Waals surface area contributed by atoms with E-state index in [-0.39, 0.29) is 36.5 Å². The van der Waals surface area contributed by atoms with Crippen molar-refractivity contribution in [2.24, 2.45) is 5.73 Å². The second-order valence-corrected chi connectivity index (χ2v) is 8.16. The zero-order chi connectivity index (χ0) is 24.2. The quantitative estimate of drug-likeness (QED) is 0.585. The maximum atomic E-state index is 13.5. The number of nitrogens with one attached hydrogen (secondary N) is 1. The third-order valence-electron chi connectivity index (χ3n) is 5.31. The third kappa shape index (κ3) is 6.82. The Morgan fingerprint density at radius 3 is 2.45 bits per heavy atom. The zero-order valence-corrected chi connectivity index (χ0v) is 18.1. The Morgan fingerprint density at radius 1 is 1.15 bits per heavy atom. The first-order valence-corrected chi connectivity index (χ1v) is 10.5. The first-order chi connectivity index (χ1) is 15.5. The Balaban J connectivity index is 1.58. The maximum Gasteiger partial charge on any atom is 0.416 e. The van der Waals surface area contributed by atoms with Gasteiger partial charge in [0.1, 0.15) is 11.6 Å². The van der Waals surface area contributed by atoms with Crippen LogP contribution in [0.4, 0.5) is 17.6 Å². The van der Waals surface area contributed by atoms with Crippen LogP contribution in [-0.4, -0.2) is 41.9 Å². The van der Waals surface area contributed by atoms with Gasteiger partial charge in [0.15, 0.2) is 6.61 Å². The molecule has 1 aliphatic heterocycles. The van der Waals surface area contributed by atoms with Gasteiger partial charge >= 0.3 is 6.18 Å². The summed E-state index contributed by atoms with van der Waals surface area (Å²) in [4.78, 5) is 25.9. The molecule has 2 atom stereocenters. The lowest BCUT2D eigenvalue weighted by atomic mass is 9.96. The van der Waals surface area contributed by atoms with Crippen molar-refractivity contribution in [1.82, 2.24) is 10.2 Å². The van der Waals surface area contributed by atoms with Crippen LogP contribution in [-0.2, 0) is 22.3 Å². The van der Waals surface area contributed by atoms with E-state index in [2.05, 4.69) is 5.32 Å². The molecule has 33 heavy (non-hydrogen) atoms. The largest absolute Gasteiger partial charge is 0.484 e. The number of primary amides is 1. The monoisotopic (exact) mass is 487 g/mol. The minimum atomic E-state index is -4.44. The minimum absolute atomic E-state index is 0.0638. The number of likely N-dealkylation sites (tertiary alicyclic amines) is 1. The van der Waals surface area contributed by atoms with Crippen LogP contribution in [0.5, 0.6) is 5.75 Å². The van der Waals surface area contributed by atoms with Gasteiger partial charge in [-0.15, -0.1) is 0 Å². The molecule has 3 N–H and O–H groups in total. The molecule has 1 saturated heterocycles. The molecule has 0 aliphatic carbocycles. The molecule has 0 bridgehead atoms. The van der Waals surface area contributed by atoms with Gasteiger partial charge < -0.3 is 15.8 Å². The number of hydrogen-bond donors (Lipinski definition) is 2. The van der Waals surface area contributed by atoms with E-state index in [1.54, 1.807) is 4.90 Å². The molecule has 2 aromatic rings. The minimum Gasteiger partial charge on any atom is -0.484 e. The predicted octanol–water partition coefficient (Wildman–Crippen LogP) is 3.51. The van der Waals surface area contributed by atoms with Crippen molar-refractivity contribution in [3.63, 3.8) is 0 Å². The average Bonchev–Trinajstić information content (AvgIpc) is 2.74. The molecule has 2 amide bonds. The summed E-state index contributed by atoms with van der Waals surface area (Å²) >= 11 is 5.61. The molecule has 6 nitrogen and oxygen atoms in total. The molecule has 0 saturated carbocycles. The molecule has 0 radical (unpaired) electrons. The lowest BCUT2D eigenvalue weighted by Crippen LogP contribution is -2.55. The van der Waals surface area contributed by atoms with Gasteiger partial charge in [-0.1, -0.05) is 23.7 Å². The summed E-state index contributed by atoms with van der Waals surface area (Å²) in [5.41, 5.74) is 5.31. The van der Waals surface area contributed by atoms with E-state index < -0.39 is 35.4 Å². The van der Waals surface area contributed by atoms with E-state index >= 15 is 0 Å². The number of amides is 2. The highest BCUT2D eigenvalue weighted by atomic mass is 35.5. The van der Waals surface area contributed by atoms with Gasteiger partial charge in [-0.05, 0) is 42.7 Å². The van der Waals surface area contributed by atoms with Crippen LogP contribution in [0.2, 0.25) is 5.02 Å². The van der Waals surface area contributed by atoms with Crippen molar-refractivity contribution in [2.75, 3.05) is 13.2 Å². The van der Waals surface area contributed by atoms with E-state index in [4.69, 9.17) is 22.1 Å². The standard InChI is InChI=1S/C22H22ClF4N3O3/c23-17-7-6-16(9-18(17)24)33-12-20(31)29-15-5-8-19(21(28)32)30(11-15)10-13-1-3-14(4-2-13)22(25,26)27/h1-4,6-7,9,15,19H,5,8,10-12H2,(H2,28,32)(H,29,31). The van der Waals surface area contributed by atoms with E-state index in [9.17, 15) is 27.2 Å². The molecule has 1 heterocycles. The second kappa shape index (κ2) is 10.4. The molecule has 1 fully saturated rings. The normalized spacial score (nSPS) is 19.2. The number of rotatable bonds is 7. The Bertz CT molecular complexity index is 1000. The van der Waals surface area contributed by atoms with E-state index in [0.717, 1.165) is 18.2 Å². The van der Waals surface area contributed by atoms with Gasteiger partial charge in [0.25, 0.3) is 5.91 Å². The van der Waals surface area contributed by atoms with Crippen molar-refractivity contribution in [3.05, 3.63) is 64.4 Å². The van der Waals surface area contributed by atoms with Crippen LogP contribution < -0.4 is 15.8 Å².